The van der Waals surface area contributed by atoms with Crippen LogP contribution in [0.5, 0.6) is 0 Å². The van der Waals surface area contributed by atoms with Crippen LogP contribution < -0.4 is 0 Å². The first-order valence-electron chi connectivity index (χ1n) is 4.61. The highest BCUT2D eigenvalue weighted by molar-refractivity contribution is 5.96. The highest BCUT2D eigenvalue weighted by Crippen LogP contribution is 2.29. The lowest BCUT2D eigenvalue weighted by molar-refractivity contribution is 0.602. The van der Waals surface area contributed by atoms with Gasteiger partial charge in [0, 0.05) is 16.8 Å². The Labute approximate surface area is 81.1 Å². The van der Waals surface area contributed by atoms with Crippen LogP contribution >= 0.6 is 0 Å². The molecule has 0 spiro atoms. The number of aryl methyl sites for hydroxylation is 2. The zero-order chi connectivity index (χ0) is 9.71. The summed E-state index contributed by atoms with van der Waals surface area (Å²) in [5, 5.41) is 2.34. The molecule has 2 heteroatoms. The first-order valence-corrected chi connectivity index (χ1v) is 4.61. The third-order valence-electron chi connectivity index (χ3n) is 2.66. The predicted octanol–water partition coefficient (Wildman–Crippen LogP) is 3.80. The molecule has 3 aromatic rings. The molecule has 0 aliphatic heterocycles. The SMILES string of the molecule is Cc1coc2cc3occ(C)c3cc12. The monoisotopic (exact) mass is 186 g/mol. The smallest absolute Gasteiger partial charge is 0.137 e. The summed E-state index contributed by atoms with van der Waals surface area (Å²) in [5.74, 6) is 0. The average molecular weight is 186 g/mol. The van der Waals surface area contributed by atoms with Gasteiger partial charge in [0.15, 0.2) is 0 Å². The summed E-state index contributed by atoms with van der Waals surface area (Å²) in [7, 11) is 0. The van der Waals surface area contributed by atoms with Gasteiger partial charge in [0.25, 0.3) is 0 Å². The van der Waals surface area contributed by atoms with Crippen molar-refractivity contribution in [1.29, 1.82) is 0 Å². The van der Waals surface area contributed by atoms with Crippen molar-refractivity contribution < 1.29 is 8.83 Å². The lowest BCUT2D eigenvalue weighted by Gasteiger charge is -1.91. The summed E-state index contributed by atoms with van der Waals surface area (Å²) >= 11 is 0. The van der Waals surface area contributed by atoms with Crippen LogP contribution in [0.25, 0.3) is 21.9 Å². The number of furan rings is 2. The normalized spacial score (nSPS) is 11.6. The lowest BCUT2D eigenvalue weighted by Crippen LogP contribution is -1.70. The van der Waals surface area contributed by atoms with E-state index in [4.69, 9.17) is 8.83 Å². The van der Waals surface area contributed by atoms with Crippen molar-refractivity contribution in [3.8, 4) is 0 Å². The van der Waals surface area contributed by atoms with Crippen molar-refractivity contribution in [1.82, 2.24) is 0 Å². The van der Waals surface area contributed by atoms with Crippen molar-refractivity contribution in [3.63, 3.8) is 0 Å². The van der Waals surface area contributed by atoms with Gasteiger partial charge in [-0.15, -0.1) is 0 Å². The Morgan fingerprint density at radius 1 is 0.786 bits per heavy atom. The number of rotatable bonds is 0. The minimum Gasteiger partial charge on any atom is -0.464 e. The Hall–Kier alpha value is -1.70. The van der Waals surface area contributed by atoms with Crippen LogP contribution in [0.3, 0.4) is 0 Å². The average Bonchev–Trinajstić information content (AvgIpc) is 2.71. The van der Waals surface area contributed by atoms with Crippen LogP contribution in [0, 0.1) is 13.8 Å². The van der Waals surface area contributed by atoms with E-state index in [1.54, 1.807) is 12.5 Å². The second-order valence-corrected chi connectivity index (χ2v) is 3.68. The molecule has 0 aliphatic carbocycles. The van der Waals surface area contributed by atoms with Gasteiger partial charge in [-0.3, -0.25) is 0 Å². The summed E-state index contributed by atoms with van der Waals surface area (Å²) in [6.07, 6.45) is 3.55. The van der Waals surface area contributed by atoms with Gasteiger partial charge in [0.1, 0.15) is 11.2 Å². The molecule has 0 saturated carbocycles. The fourth-order valence-corrected chi connectivity index (χ4v) is 1.80. The van der Waals surface area contributed by atoms with Gasteiger partial charge < -0.3 is 8.83 Å². The summed E-state index contributed by atoms with van der Waals surface area (Å²) in [5.41, 5.74) is 4.12. The van der Waals surface area contributed by atoms with E-state index in [2.05, 4.69) is 6.07 Å². The summed E-state index contributed by atoms with van der Waals surface area (Å²) in [6.45, 7) is 4.10. The molecule has 0 atom stereocenters. The second-order valence-electron chi connectivity index (χ2n) is 3.68. The fraction of sp³-hybridized carbons (Fsp3) is 0.167. The molecule has 0 radical (unpaired) electrons. The standard InChI is InChI=1S/C12H10O2/c1-7-5-13-11-4-12-10(3-9(7)11)8(2)6-14-12/h3-6H,1-2H3. The maximum absolute atomic E-state index is 5.41. The minimum atomic E-state index is 0.893. The van der Waals surface area contributed by atoms with E-state index in [-0.39, 0.29) is 0 Å². The largest absolute Gasteiger partial charge is 0.464 e. The summed E-state index contributed by atoms with van der Waals surface area (Å²) in [4.78, 5) is 0. The molecule has 70 valence electrons. The topological polar surface area (TPSA) is 26.3 Å². The van der Waals surface area contributed by atoms with Crippen LogP contribution in [0.4, 0.5) is 0 Å². The van der Waals surface area contributed by atoms with Crippen molar-refractivity contribution >= 4 is 21.9 Å². The highest BCUT2D eigenvalue weighted by Gasteiger charge is 2.07. The van der Waals surface area contributed by atoms with Crippen LogP contribution in [-0.2, 0) is 0 Å². The van der Waals surface area contributed by atoms with E-state index in [1.165, 1.54) is 21.9 Å². The Balaban J connectivity index is 2.57. The third-order valence-corrected chi connectivity index (χ3v) is 2.66. The Kier molecular flexibility index (Phi) is 1.32. The van der Waals surface area contributed by atoms with Gasteiger partial charge in [-0.25, -0.2) is 0 Å². The van der Waals surface area contributed by atoms with Crippen molar-refractivity contribution in [2.45, 2.75) is 13.8 Å². The molecule has 0 aliphatic rings. The molecule has 2 aromatic heterocycles. The maximum atomic E-state index is 5.41. The first-order chi connectivity index (χ1) is 6.75. The van der Waals surface area contributed by atoms with Crippen LogP contribution in [-0.4, -0.2) is 0 Å². The Morgan fingerprint density at radius 3 is 1.79 bits per heavy atom. The maximum Gasteiger partial charge on any atom is 0.137 e. The molecule has 0 unspecified atom stereocenters. The Bertz CT molecular complexity index is 562. The van der Waals surface area contributed by atoms with Gasteiger partial charge in [-0.1, -0.05) is 0 Å². The van der Waals surface area contributed by atoms with E-state index in [0.29, 0.717) is 0 Å². The molecule has 2 heterocycles. The lowest BCUT2D eigenvalue weighted by atomic mass is 10.1. The molecular formula is C12H10O2. The van der Waals surface area contributed by atoms with Crippen LogP contribution in [0.2, 0.25) is 0 Å². The molecule has 0 amide bonds. The minimum absolute atomic E-state index is 0.893. The van der Waals surface area contributed by atoms with Crippen molar-refractivity contribution in [2.24, 2.45) is 0 Å². The Morgan fingerprint density at radius 2 is 1.29 bits per heavy atom. The molecule has 0 fully saturated rings. The van der Waals surface area contributed by atoms with Crippen LogP contribution in [0.1, 0.15) is 11.1 Å². The highest BCUT2D eigenvalue weighted by atomic mass is 16.3. The third kappa shape index (κ3) is 0.854. The van der Waals surface area contributed by atoms with E-state index in [9.17, 15) is 0 Å². The second kappa shape index (κ2) is 2.41. The zero-order valence-electron chi connectivity index (χ0n) is 8.13. The number of benzene rings is 1. The van der Waals surface area contributed by atoms with E-state index >= 15 is 0 Å². The van der Waals surface area contributed by atoms with Crippen molar-refractivity contribution in [3.05, 3.63) is 35.8 Å². The molecule has 0 bridgehead atoms. The zero-order valence-corrected chi connectivity index (χ0v) is 8.13. The van der Waals surface area contributed by atoms with Gasteiger partial charge in [-0.2, -0.15) is 0 Å². The molecule has 0 N–H and O–H groups in total. The molecular weight excluding hydrogens is 176 g/mol. The first kappa shape index (κ1) is 7.68. The number of fused-ring (bicyclic) bond motifs is 2. The van der Waals surface area contributed by atoms with Gasteiger partial charge in [0.2, 0.25) is 0 Å². The fourth-order valence-electron chi connectivity index (χ4n) is 1.80. The molecule has 0 saturated heterocycles. The summed E-state index contributed by atoms with van der Waals surface area (Å²) in [6, 6.07) is 4.08. The van der Waals surface area contributed by atoms with Gasteiger partial charge in [0.05, 0.1) is 12.5 Å². The van der Waals surface area contributed by atoms with E-state index in [1.807, 2.05) is 19.9 Å². The number of hydrogen-bond donors (Lipinski definition) is 0. The van der Waals surface area contributed by atoms with Crippen molar-refractivity contribution in [2.75, 3.05) is 0 Å². The molecule has 1 aromatic carbocycles. The van der Waals surface area contributed by atoms with E-state index in [0.717, 1.165) is 11.2 Å². The summed E-state index contributed by atoms with van der Waals surface area (Å²) < 4.78 is 10.8. The number of hydrogen-bond acceptors (Lipinski definition) is 2. The predicted molar refractivity (Wildman–Crippen MR) is 55.5 cm³/mol. The molecule has 2 nitrogen and oxygen atoms in total. The quantitative estimate of drug-likeness (QED) is 0.533. The molecule has 3 rings (SSSR count). The molecule has 14 heavy (non-hydrogen) atoms. The van der Waals surface area contributed by atoms with Crippen LogP contribution in [0.15, 0.2) is 33.5 Å². The van der Waals surface area contributed by atoms with Gasteiger partial charge >= 0.3 is 0 Å². The van der Waals surface area contributed by atoms with E-state index < -0.39 is 0 Å². The van der Waals surface area contributed by atoms with Gasteiger partial charge in [-0.05, 0) is 31.0 Å².